The fourth-order valence-corrected chi connectivity index (χ4v) is 1.65. The number of amides is 1. The van der Waals surface area contributed by atoms with Gasteiger partial charge in [-0.3, -0.25) is 4.79 Å². The van der Waals surface area contributed by atoms with Crippen molar-refractivity contribution in [2.24, 2.45) is 5.92 Å². The topological polar surface area (TPSA) is 75.6 Å². The van der Waals surface area contributed by atoms with Gasteiger partial charge < -0.3 is 15.2 Å². The summed E-state index contributed by atoms with van der Waals surface area (Å²) in [5.41, 5.74) is 0.412. The first kappa shape index (κ1) is 15.0. The summed E-state index contributed by atoms with van der Waals surface area (Å²) in [5, 5.41) is 11.7. The molecule has 0 saturated carbocycles. The molecule has 0 radical (unpaired) electrons. The molecule has 0 aliphatic rings. The van der Waals surface area contributed by atoms with E-state index in [1.165, 1.54) is 0 Å². The molecule has 0 saturated heterocycles. The van der Waals surface area contributed by atoms with E-state index in [2.05, 4.69) is 5.32 Å². The Bertz CT molecular complexity index is 441. The Morgan fingerprint density at radius 2 is 1.89 bits per heavy atom. The maximum atomic E-state index is 12.0. The predicted molar refractivity (Wildman–Crippen MR) is 71.3 cm³/mol. The average Bonchev–Trinajstić information content (AvgIpc) is 2.43. The number of hydrogen-bond acceptors (Lipinski definition) is 3. The van der Waals surface area contributed by atoms with Crippen LogP contribution in [0.25, 0.3) is 0 Å². The van der Waals surface area contributed by atoms with E-state index in [9.17, 15) is 9.59 Å². The number of aliphatic carboxylic acids is 1. The van der Waals surface area contributed by atoms with Gasteiger partial charge in [0.05, 0.1) is 7.11 Å². The molecule has 0 aliphatic carbocycles. The van der Waals surface area contributed by atoms with Crippen LogP contribution in [0.5, 0.6) is 5.75 Å². The second-order valence-electron chi connectivity index (χ2n) is 4.40. The molecule has 0 spiro atoms. The zero-order chi connectivity index (χ0) is 14.4. The van der Waals surface area contributed by atoms with Crippen molar-refractivity contribution in [1.82, 2.24) is 5.32 Å². The van der Waals surface area contributed by atoms with Crippen LogP contribution in [0.4, 0.5) is 0 Å². The van der Waals surface area contributed by atoms with Crippen molar-refractivity contribution >= 4 is 11.9 Å². The first-order valence-corrected chi connectivity index (χ1v) is 6.17. The minimum Gasteiger partial charge on any atom is -0.497 e. The molecule has 104 valence electrons. The van der Waals surface area contributed by atoms with Crippen LogP contribution in [0.3, 0.4) is 0 Å². The number of rotatable bonds is 6. The third-order valence-electron chi connectivity index (χ3n) is 3.12. The Hall–Kier alpha value is -2.04. The number of nitrogens with one attached hydrogen (secondary N) is 1. The lowest BCUT2D eigenvalue weighted by Crippen LogP contribution is -2.45. The molecule has 0 heterocycles. The van der Waals surface area contributed by atoms with Gasteiger partial charge in [-0.05, 0) is 30.2 Å². The Labute approximate surface area is 112 Å². The van der Waals surface area contributed by atoms with Crippen molar-refractivity contribution in [3.05, 3.63) is 29.8 Å². The number of carboxylic acids is 1. The highest BCUT2D eigenvalue weighted by atomic mass is 16.5. The van der Waals surface area contributed by atoms with Crippen molar-refractivity contribution in [2.75, 3.05) is 7.11 Å². The first-order chi connectivity index (χ1) is 8.99. The molecule has 0 bridgehead atoms. The molecule has 0 fully saturated rings. The van der Waals surface area contributed by atoms with E-state index in [-0.39, 0.29) is 5.92 Å². The lowest BCUT2D eigenvalue weighted by Gasteiger charge is -2.20. The van der Waals surface area contributed by atoms with Crippen molar-refractivity contribution in [2.45, 2.75) is 26.3 Å². The third kappa shape index (κ3) is 3.98. The van der Waals surface area contributed by atoms with Crippen LogP contribution < -0.4 is 10.1 Å². The van der Waals surface area contributed by atoms with Crippen LogP contribution in [-0.2, 0) is 4.79 Å². The molecule has 0 unspecified atom stereocenters. The van der Waals surface area contributed by atoms with E-state index in [0.717, 1.165) is 0 Å². The first-order valence-electron chi connectivity index (χ1n) is 6.17. The molecule has 2 N–H and O–H groups in total. The fraction of sp³-hybridized carbons (Fsp3) is 0.429. The van der Waals surface area contributed by atoms with Crippen LogP contribution in [0.15, 0.2) is 24.3 Å². The van der Waals surface area contributed by atoms with Crippen molar-refractivity contribution in [3.63, 3.8) is 0 Å². The monoisotopic (exact) mass is 265 g/mol. The number of ether oxygens (including phenoxy) is 1. The highest BCUT2D eigenvalue weighted by Gasteiger charge is 2.25. The van der Waals surface area contributed by atoms with Crippen LogP contribution >= 0.6 is 0 Å². The van der Waals surface area contributed by atoms with Crippen LogP contribution in [0, 0.1) is 5.92 Å². The van der Waals surface area contributed by atoms with E-state index in [0.29, 0.717) is 17.7 Å². The SMILES string of the molecule is CC[C@H](C)[C@H](NC(=O)c1ccc(OC)cc1)C(=O)O. The lowest BCUT2D eigenvalue weighted by atomic mass is 9.99. The van der Waals surface area contributed by atoms with Gasteiger partial charge in [-0.1, -0.05) is 20.3 Å². The van der Waals surface area contributed by atoms with Crippen LogP contribution in [0.2, 0.25) is 0 Å². The average molecular weight is 265 g/mol. The summed E-state index contributed by atoms with van der Waals surface area (Å²) in [7, 11) is 1.54. The number of methoxy groups -OCH3 is 1. The number of carbonyl (C=O) groups is 2. The summed E-state index contributed by atoms with van der Waals surface area (Å²) < 4.78 is 5.00. The molecular weight excluding hydrogens is 246 g/mol. The molecular formula is C14H19NO4. The number of carboxylic acid groups (broad SMARTS) is 1. The molecule has 1 aromatic carbocycles. The highest BCUT2D eigenvalue weighted by molar-refractivity contribution is 5.96. The molecule has 1 rings (SSSR count). The molecule has 2 atom stereocenters. The van der Waals surface area contributed by atoms with E-state index >= 15 is 0 Å². The van der Waals surface area contributed by atoms with Gasteiger partial charge in [0, 0.05) is 5.56 Å². The number of benzene rings is 1. The Morgan fingerprint density at radius 1 is 1.32 bits per heavy atom. The molecule has 5 nitrogen and oxygen atoms in total. The Balaban J connectivity index is 2.78. The summed E-state index contributed by atoms with van der Waals surface area (Å²) in [6.07, 6.45) is 0.680. The molecule has 0 aliphatic heterocycles. The van der Waals surface area contributed by atoms with Gasteiger partial charge in [0.15, 0.2) is 0 Å². The minimum atomic E-state index is -1.02. The molecule has 19 heavy (non-hydrogen) atoms. The van der Waals surface area contributed by atoms with Crippen molar-refractivity contribution in [3.8, 4) is 5.75 Å². The van der Waals surface area contributed by atoms with E-state index in [1.54, 1.807) is 38.3 Å². The molecule has 0 aromatic heterocycles. The fourth-order valence-electron chi connectivity index (χ4n) is 1.65. The summed E-state index contributed by atoms with van der Waals surface area (Å²) >= 11 is 0. The Kier molecular flexibility index (Phi) is 5.36. The van der Waals surface area contributed by atoms with Gasteiger partial charge in [0.2, 0.25) is 0 Å². The van der Waals surface area contributed by atoms with E-state index in [4.69, 9.17) is 9.84 Å². The van der Waals surface area contributed by atoms with Crippen molar-refractivity contribution in [1.29, 1.82) is 0 Å². The standard InChI is InChI=1S/C14H19NO4/c1-4-9(2)12(14(17)18)15-13(16)10-5-7-11(19-3)8-6-10/h5-9,12H,4H2,1-3H3,(H,15,16)(H,17,18)/t9-,12-/m0/s1. The van der Waals surface area contributed by atoms with Crippen LogP contribution in [0.1, 0.15) is 30.6 Å². The summed E-state index contributed by atoms with van der Waals surface area (Å²) in [4.78, 5) is 23.1. The summed E-state index contributed by atoms with van der Waals surface area (Å²) in [6, 6.07) is 5.65. The highest BCUT2D eigenvalue weighted by Crippen LogP contribution is 2.13. The van der Waals surface area contributed by atoms with Gasteiger partial charge >= 0.3 is 5.97 Å². The van der Waals surface area contributed by atoms with Crippen molar-refractivity contribution < 1.29 is 19.4 Å². The van der Waals surface area contributed by atoms with Gasteiger partial charge in [-0.2, -0.15) is 0 Å². The smallest absolute Gasteiger partial charge is 0.326 e. The van der Waals surface area contributed by atoms with Crippen LogP contribution in [-0.4, -0.2) is 30.1 Å². The quantitative estimate of drug-likeness (QED) is 0.824. The summed E-state index contributed by atoms with van der Waals surface area (Å²) in [5.74, 6) is -0.889. The molecule has 1 amide bonds. The maximum Gasteiger partial charge on any atom is 0.326 e. The molecule has 1 aromatic rings. The minimum absolute atomic E-state index is 0.125. The normalized spacial score (nSPS) is 13.4. The largest absolute Gasteiger partial charge is 0.497 e. The predicted octanol–water partition coefficient (Wildman–Crippen LogP) is 1.92. The van der Waals surface area contributed by atoms with Gasteiger partial charge in [0.25, 0.3) is 5.91 Å². The Morgan fingerprint density at radius 3 is 2.32 bits per heavy atom. The zero-order valence-corrected chi connectivity index (χ0v) is 11.3. The van der Waals surface area contributed by atoms with E-state index < -0.39 is 17.9 Å². The second-order valence-corrected chi connectivity index (χ2v) is 4.40. The number of carbonyl (C=O) groups excluding carboxylic acids is 1. The number of hydrogen-bond donors (Lipinski definition) is 2. The van der Waals surface area contributed by atoms with Gasteiger partial charge in [-0.15, -0.1) is 0 Å². The zero-order valence-electron chi connectivity index (χ0n) is 11.3. The molecule has 5 heteroatoms. The van der Waals surface area contributed by atoms with Gasteiger partial charge in [0.1, 0.15) is 11.8 Å². The second kappa shape index (κ2) is 6.78. The van der Waals surface area contributed by atoms with E-state index in [1.807, 2.05) is 6.92 Å². The lowest BCUT2D eigenvalue weighted by molar-refractivity contribution is -0.140. The summed E-state index contributed by atoms with van der Waals surface area (Å²) in [6.45, 7) is 3.69. The maximum absolute atomic E-state index is 12.0. The van der Waals surface area contributed by atoms with Gasteiger partial charge in [-0.25, -0.2) is 4.79 Å². The third-order valence-corrected chi connectivity index (χ3v) is 3.12.